The van der Waals surface area contributed by atoms with Crippen LogP contribution in [0.4, 0.5) is 5.00 Å². The molecule has 0 saturated carbocycles. The van der Waals surface area contributed by atoms with Gasteiger partial charge in [0.25, 0.3) is 0 Å². The Morgan fingerprint density at radius 2 is 2.14 bits per heavy atom. The van der Waals surface area contributed by atoms with Gasteiger partial charge in [-0.25, -0.2) is 4.79 Å². The smallest absolute Gasteiger partial charge is 0.340 e. The highest BCUT2D eigenvalue weighted by Crippen LogP contribution is 2.30. The summed E-state index contributed by atoms with van der Waals surface area (Å²) >= 11 is 1.47. The fourth-order valence-electron chi connectivity index (χ4n) is 2.46. The molecule has 1 aromatic heterocycles. The number of esters is 1. The number of thiophene rings is 1. The Morgan fingerprint density at radius 1 is 1.43 bits per heavy atom. The normalized spacial score (nSPS) is 15.7. The first-order valence-electron chi connectivity index (χ1n) is 7.38. The van der Waals surface area contributed by atoms with E-state index in [1.54, 1.807) is 0 Å². The highest BCUT2D eigenvalue weighted by molar-refractivity contribution is 7.16. The summed E-state index contributed by atoms with van der Waals surface area (Å²) in [6.45, 7) is 3.83. The molecule has 0 radical (unpaired) electrons. The lowest BCUT2D eigenvalue weighted by Gasteiger charge is -2.21. The summed E-state index contributed by atoms with van der Waals surface area (Å²) in [7, 11) is 1.36. The van der Waals surface area contributed by atoms with Crippen LogP contribution in [0.2, 0.25) is 0 Å². The average molecular weight is 310 g/mol. The zero-order valence-corrected chi connectivity index (χ0v) is 13.3. The van der Waals surface area contributed by atoms with Crippen molar-refractivity contribution in [2.45, 2.75) is 32.6 Å². The van der Waals surface area contributed by atoms with Gasteiger partial charge >= 0.3 is 5.97 Å². The number of hydrogen-bond acceptors (Lipinski definition) is 5. The first-order valence-corrected chi connectivity index (χ1v) is 8.20. The van der Waals surface area contributed by atoms with Gasteiger partial charge in [-0.3, -0.25) is 4.79 Å². The molecule has 0 bridgehead atoms. The monoisotopic (exact) mass is 310 g/mol. The van der Waals surface area contributed by atoms with Crippen LogP contribution in [0, 0.1) is 5.92 Å². The van der Waals surface area contributed by atoms with Gasteiger partial charge in [0.05, 0.1) is 12.7 Å². The van der Waals surface area contributed by atoms with Crippen LogP contribution in [0.15, 0.2) is 6.07 Å². The molecule has 1 amide bonds. The first-order chi connectivity index (χ1) is 10.2. The second kappa shape index (κ2) is 7.56. The van der Waals surface area contributed by atoms with E-state index in [0.29, 0.717) is 10.6 Å². The van der Waals surface area contributed by atoms with E-state index in [1.807, 2.05) is 6.07 Å². The lowest BCUT2D eigenvalue weighted by atomic mass is 9.97. The minimum atomic E-state index is -0.394. The third kappa shape index (κ3) is 4.04. The molecule has 0 unspecified atom stereocenters. The zero-order valence-electron chi connectivity index (χ0n) is 12.5. The van der Waals surface area contributed by atoms with Crippen molar-refractivity contribution >= 4 is 28.2 Å². The van der Waals surface area contributed by atoms with Crippen molar-refractivity contribution in [3.8, 4) is 0 Å². The van der Waals surface area contributed by atoms with Gasteiger partial charge in [0.15, 0.2) is 0 Å². The second-order valence-corrected chi connectivity index (χ2v) is 6.35. The Kier molecular flexibility index (Phi) is 5.76. The highest BCUT2D eigenvalue weighted by Gasteiger charge is 2.24. The van der Waals surface area contributed by atoms with Gasteiger partial charge in [-0.05, 0) is 38.4 Å². The number of carbonyl (C=O) groups is 2. The molecule has 1 aliphatic rings. The lowest BCUT2D eigenvalue weighted by Crippen LogP contribution is -2.34. The Labute approximate surface area is 129 Å². The Bertz CT molecular complexity index is 507. The molecule has 2 N–H and O–H groups in total. The van der Waals surface area contributed by atoms with E-state index in [1.165, 1.54) is 18.4 Å². The van der Waals surface area contributed by atoms with E-state index in [2.05, 4.69) is 17.6 Å². The number of carbonyl (C=O) groups excluding carboxylic acids is 2. The van der Waals surface area contributed by atoms with Crippen molar-refractivity contribution in [1.82, 2.24) is 5.32 Å². The van der Waals surface area contributed by atoms with Crippen LogP contribution >= 0.6 is 11.3 Å². The fraction of sp³-hybridized carbons (Fsp3) is 0.600. The van der Waals surface area contributed by atoms with Gasteiger partial charge in [-0.1, -0.05) is 13.3 Å². The average Bonchev–Trinajstić information content (AvgIpc) is 2.90. The molecular formula is C15H22N2O3S. The van der Waals surface area contributed by atoms with Crippen molar-refractivity contribution in [1.29, 1.82) is 0 Å². The molecule has 0 aromatic carbocycles. The number of anilines is 1. The molecule has 2 heterocycles. The highest BCUT2D eigenvalue weighted by atomic mass is 32.1. The van der Waals surface area contributed by atoms with Crippen LogP contribution in [0.1, 0.15) is 41.4 Å². The lowest BCUT2D eigenvalue weighted by molar-refractivity contribution is -0.120. The molecule has 0 atom stereocenters. The number of piperidine rings is 1. The van der Waals surface area contributed by atoms with Crippen LogP contribution < -0.4 is 10.6 Å². The standard InChI is InChI=1S/C15H22N2O3S/c1-3-4-11-9-12(15(19)20-2)14(21-11)17-13(18)10-5-7-16-8-6-10/h9-10,16H,3-8H2,1-2H3,(H,17,18). The summed E-state index contributed by atoms with van der Waals surface area (Å²) in [5.74, 6) is -0.366. The molecule has 0 spiro atoms. The van der Waals surface area contributed by atoms with Crippen LogP contribution in [-0.4, -0.2) is 32.1 Å². The Balaban J connectivity index is 2.13. The predicted octanol–water partition coefficient (Wildman–Crippen LogP) is 2.43. The van der Waals surface area contributed by atoms with Gasteiger partial charge < -0.3 is 15.4 Å². The summed E-state index contributed by atoms with van der Waals surface area (Å²) in [6.07, 6.45) is 3.58. The number of rotatable bonds is 5. The molecule has 1 aromatic rings. The van der Waals surface area contributed by atoms with Gasteiger partial charge in [-0.2, -0.15) is 0 Å². The minimum absolute atomic E-state index is 0.00607. The van der Waals surface area contributed by atoms with Gasteiger partial charge in [-0.15, -0.1) is 11.3 Å². The number of nitrogens with one attached hydrogen (secondary N) is 2. The Hall–Kier alpha value is -1.40. The minimum Gasteiger partial charge on any atom is -0.465 e. The van der Waals surface area contributed by atoms with E-state index < -0.39 is 5.97 Å². The molecule has 1 saturated heterocycles. The Morgan fingerprint density at radius 3 is 2.76 bits per heavy atom. The second-order valence-electron chi connectivity index (χ2n) is 5.21. The van der Waals surface area contributed by atoms with E-state index in [9.17, 15) is 9.59 Å². The van der Waals surface area contributed by atoms with Crippen molar-refractivity contribution in [3.63, 3.8) is 0 Å². The van der Waals surface area contributed by atoms with Crippen molar-refractivity contribution in [3.05, 3.63) is 16.5 Å². The van der Waals surface area contributed by atoms with Crippen LogP contribution in [-0.2, 0) is 16.0 Å². The molecular weight excluding hydrogens is 288 g/mol. The number of aryl methyl sites for hydroxylation is 1. The number of ether oxygens (including phenoxy) is 1. The van der Waals surface area contributed by atoms with Crippen molar-refractivity contribution < 1.29 is 14.3 Å². The maximum absolute atomic E-state index is 12.3. The molecule has 5 nitrogen and oxygen atoms in total. The van der Waals surface area contributed by atoms with Crippen LogP contribution in [0.25, 0.3) is 0 Å². The molecule has 1 aliphatic heterocycles. The predicted molar refractivity (Wildman–Crippen MR) is 83.9 cm³/mol. The topological polar surface area (TPSA) is 67.4 Å². The van der Waals surface area contributed by atoms with Crippen molar-refractivity contribution in [2.24, 2.45) is 5.92 Å². The third-order valence-electron chi connectivity index (χ3n) is 3.63. The maximum atomic E-state index is 12.3. The summed E-state index contributed by atoms with van der Waals surface area (Å²) in [5.41, 5.74) is 0.466. The molecule has 6 heteroatoms. The SMILES string of the molecule is CCCc1cc(C(=O)OC)c(NC(=O)C2CCNCC2)s1. The summed E-state index contributed by atoms with van der Waals surface area (Å²) in [4.78, 5) is 25.2. The van der Waals surface area contributed by atoms with Gasteiger partial charge in [0.1, 0.15) is 5.00 Å². The molecule has 0 aliphatic carbocycles. The quantitative estimate of drug-likeness (QED) is 0.820. The van der Waals surface area contributed by atoms with Gasteiger partial charge in [0.2, 0.25) is 5.91 Å². The summed E-state index contributed by atoms with van der Waals surface area (Å²) in [5, 5.41) is 6.79. The fourth-order valence-corrected chi connectivity index (χ4v) is 3.61. The van der Waals surface area contributed by atoms with E-state index in [0.717, 1.165) is 43.6 Å². The van der Waals surface area contributed by atoms with E-state index in [-0.39, 0.29) is 11.8 Å². The molecule has 21 heavy (non-hydrogen) atoms. The number of hydrogen-bond donors (Lipinski definition) is 2. The zero-order chi connectivity index (χ0) is 15.2. The van der Waals surface area contributed by atoms with E-state index >= 15 is 0 Å². The van der Waals surface area contributed by atoms with Gasteiger partial charge in [0, 0.05) is 10.8 Å². The summed E-state index contributed by atoms with van der Waals surface area (Å²) in [6, 6.07) is 1.83. The van der Waals surface area contributed by atoms with Crippen molar-refractivity contribution in [2.75, 3.05) is 25.5 Å². The van der Waals surface area contributed by atoms with Crippen LogP contribution in [0.3, 0.4) is 0 Å². The molecule has 2 rings (SSSR count). The summed E-state index contributed by atoms with van der Waals surface area (Å²) < 4.78 is 4.80. The third-order valence-corrected chi connectivity index (χ3v) is 4.74. The van der Waals surface area contributed by atoms with Crippen LogP contribution in [0.5, 0.6) is 0 Å². The molecule has 1 fully saturated rings. The number of methoxy groups -OCH3 is 1. The molecule has 116 valence electrons. The largest absolute Gasteiger partial charge is 0.465 e. The maximum Gasteiger partial charge on any atom is 0.340 e. The number of amides is 1. The van der Waals surface area contributed by atoms with E-state index in [4.69, 9.17) is 4.74 Å². The first kappa shape index (κ1) is 16.0.